The van der Waals surface area contributed by atoms with E-state index >= 15 is 0 Å². The van der Waals surface area contributed by atoms with Crippen molar-refractivity contribution in [2.75, 3.05) is 0 Å². The highest BCUT2D eigenvalue weighted by atomic mass is 35.5. The lowest BCUT2D eigenvalue weighted by molar-refractivity contribution is 0.258. The molecule has 0 saturated heterocycles. The van der Waals surface area contributed by atoms with E-state index in [0.29, 0.717) is 5.02 Å². The Balaban J connectivity index is 1.81. The molecule has 1 saturated carbocycles. The highest BCUT2D eigenvalue weighted by Crippen LogP contribution is 2.33. The van der Waals surface area contributed by atoms with Crippen LogP contribution < -0.4 is 0 Å². The number of hydrogen-bond acceptors (Lipinski definition) is 0. The van der Waals surface area contributed by atoms with Gasteiger partial charge in [-0.25, -0.2) is 4.39 Å². The Morgan fingerprint density at radius 2 is 1.83 bits per heavy atom. The van der Waals surface area contributed by atoms with Gasteiger partial charge in [-0.1, -0.05) is 56.7 Å². The lowest BCUT2D eigenvalue weighted by atomic mass is 9.78. The summed E-state index contributed by atoms with van der Waals surface area (Å²) in [6, 6.07) is 5.04. The van der Waals surface area contributed by atoms with Crippen LogP contribution in [-0.4, -0.2) is 0 Å². The third-order valence-electron chi connectivity index (χ3n) is 4.38. The molecule has 1 aliphatic rings. The second kappa shape index (κ2) is 6.56. The first-order valence-corrected chi connectivity index (χ1v) is 7.50. The lowest BCUT2D eigenvalue weighted by Crippen LogP contribution is -2.14. The van der Waals surface area contributed by atoms with Crippen LogP contribution in [0, 0.1) is 17.7 Å². The van der Waals surface area contributed by atoms with Crippen molar-refractivity contribution < 1.29 is 4.39 Å². The minimum absolute atomic E-state index is 0.148. The number of benzene rings is 1. The van der Waals surface area contributed by atoms with Crippen LogP contribution in [0.3, 0.4) is 0 Å². The Morgan fingerprint density at radius 3 is 2.44 bits per heavy atom. The van der Waals surface area contributed by atoms with E-state index < -0.39 is 0 Å². The van der Waals surface area contributed by atoms with Crippen molar-refractivity contribution in [3.05, 3.63) is 34.6 Å². The van der Waals surface area contributed by atoms with Gasteiger partial charge in [0.2, 0.25) is 0 Å². The van der Waals surface area contributed by atoms with Crippen molar-refractivity contribution >= 4 is 11.6 Å². The van der Waals surface area contributed by atoms with E-state index in [1.165, 1.54) is 38.2 Å². The first-order valence-electron chi connectivity index (χ1n) is 7.13. The summed E-state index contributed by atoms with van der Waals surface area (Å²) in [6.45, 7) is 2.29. The van der Waals surface area contributed by atoms with Crippen molar-refractivity contribution in [3.8, 4) is 0 Å². The van der Waals surface area contributed by atoms with Gasteiger partial charge in [0.05, 0.1) is 0 Å². The molecule has 2 rings (SSSR count). The molecule has 18 heavy (non-hydrogen) atoms. The first-order chi connectivity index (χ1) is 8.69. The van der Waals surface area contributed by atoms with E-state index in [0.717, 1.165) is 30.2 Å². The molecule has 0 spiro atoms. The maximum atomic E-state index is 13.6. The summed E-state index contributed by atoms with van der Waals surface area (Å²) < 4.78 is 13.6. The molecule has 0 radical (unpaired) electrons. The molecule has 0 unspecified atom stereocenters. The average molecular weight is 269 g/mol. The zero-order chi connectivity index (χ0) is 13.0. The molecule has 0 aliphatic heterocycles. The molecule has 1 aromatic rings. The van der Waals surface area contributed by atoms with Gasteiger partial charge in [0.25, 0.3) is 0 Å². The third kappa shape index (κ3) is 3.71. The van der Waals surface area contributed by atoms with Crippen LogP contribution in [0.4, 0.5) is 4.39 Å². The summed E-state index contributed by atoms with van der Waals surface area (Å²) in [6.07, 6.45) is 8.67. The fourth-order valence-corrected chi connectivity index (χ4v) is 3.17. The smallest absolute Gasteiger partial charge is 0.127 e. The molecule has 0 bridgehead atoms. The van der Waals surface area contributed by atoms with E-state index in [4.69, 9.17) is 11.6 Å². The molecule has 0 atom stereocenters. The van der Waals surface area contributed by atoms with Crippen molar-refractivity contribution in [2.24, 2.45) is 11.8 Å². The topological polar surface area (TPSA) is 0 Å². The summed E-state index contributed by atoms with van der Waals surface area (Å²) in [7, 11) is 0. The molecule has 0 amide bonds. The lowest BCUT2D eigenvalue weighted by Gasteiger charge is -2.27. The molecule has 2 heteroatoms. The largest absolute Gasteiger partial charge is 0.207 e. The molecule has 1 aromatic carbocycles. The molecule has 1 fully saturated rings. The Kier molecular flexibility index (Phi) is 5.05. The molecular formula is C16H22ClF. The minimum Gasteiger partial charge on any atom is -0.207 e. The van der Waals surface area contributed by atoms with Gasteiger partial charge in [0, 0.05) is 5.02 Å². The molecule has 0 nitrogen and oxygen atoms in total. The van der Waals surface area contributed by atoms with Crippen LogP contribution >= 0.6 is 11.6 Å². The van der Waals surface area contributed by atoms with Crippen LogP contribution in [0.2, 0.25) is 5.02 Å². The quantitative estimate of drug-likeness (QED) is 0.664. The van der Waals surface area contributed by atoms with Gasteiger partial charge in [-0.3, -0.25) is 0 Å². The highest BCUT2D eigenvalue weighted by Gasteiger charge is 2.19. The van der Waals surface area contributed by atoms with Crippen LogP contribution in [0.25, 0.3) is 0 Å². The molecule has 100 valence electrons. The van der Waals surface area contributed by atoms with E-state index in [1.54, 1.807) is 6.07 Å². The average Bonchev–Trinajstić information content (AvgIpc) is 2.38. The molecule has 1 aliphatic carbocycles. The van der Waals surface area contributed by atoms with Crippen molar-refractivity contribution in [3.63, 3.8) is 0 Å². The SMILES string of the molecule is CC[C@H]1CC[C@H](CCc2ccc(Cl)cc2F)CC1. The Bertz CT molecular complexity index is 381. The highest BCUT2D eigenvalue weighted by molar-refractivity contribution is 6.30. The molecule has 0 aromatic heterocycles. The Labute approximate surface area is 115 Å². The van der Waals surface area contributed by atoms with Crippen LogP contribution in [0.15, 0.2) is 18.2 Å². The fraction of sp³-hybridized carbons (Fsp3) is 0.625. The number of hydrogen-bond donors (Lipinski definition) is 0. The van der Waals surface area contributed by atoms with Crippen molar-refractivity contribution in [1.82, 2.24) is 0 Å². The van der Waals surface area contributed by atoms with E-state index in [-0.39, 0.29) is 5.82 Å². The van der Waals surface area contributed by atoms with Gasteiger partial charge in [-0.15, -0.1) is 0 Å². The number of rotatable bonds is 4. The maximum Gasteiger partial charge on any atom is 0.127 e. The van der Waals surface area contributed by atoms with Crippen molar-refractivity contribution in [2.45, 2.75) is 51.9 Å². The molecule has 0 N–H and O–H groups in total. The van der Waals surface area contributed by atoms with E-state index in [2.05, 4.69) is 6.92 Å². The zero-order valence-corrected chi connectivity index (χ0v) is 11.8. The van der Waals surface area contributed by atoms with Gasteiger partial charge in [-0.2, -0.15) is 0 Å². The van der Waals surface area contributed by atoms with Crippen LogP contribution in [0.1, 0.15) is 51.0 Å². The summed E-state index contributed by atoms with van der Waals surface area (Å²) in [5, 5.41) is 0.486. The maximum absolute atomic E-state index is 13.6. The summed E-state index contributed by atoms with van der Waals surface area (Å²) >= 11 is 5.76. The van der Waals surface area contributed by atoms with Gasteiger partial charge in [-0.05, 0) is 42.4 Å². The second-order valence-electron chi connectivity index (χ2n) is 5.57. The molecule has 0 heterocycles. The fourth-order valence-electron chi connectivity index (χ4n) is 3.01. The predicted octanol–water partition coefficient (Wildman–Crippen LogP) is 5.63. The first kappa shape index (κ1) is 13.9. The second-order valence-corrected chi connectivity index (χ2v) is 6.01. The minimum atomic E-state index is -0.148. The number of aryl methyl sites for hydroxylation is 1. The van der Waals surface area contributed by atoms with Gasteiger partial charge in [0.1, 0.15) is 5.82 Å². The zero-order valence-electron chi connectivity index (χ0n) is 11.1. The predicted molar refractivity (Wildman–Crippen MR) is 75.5 cm³/mol. The normalized spacial score (nSPS) is 24.2. The summed E-state index contributed by atoms with van der Waals surface area (Å²) in [5.74, 6) is 1.58. The van der Waals surface area contributed by atoms with E-state index in [1.807, 2.05) is 6.07 Å². The third-order valence-corrected chi connectivity index (χ3v) is 4.62. The monoisotopic (exact) mass is 268 g/mol. The molecular weight excluding hydrogens is 247 g/mol. The standard InChI is InChI=1S/C16H22ClF/c1-2-12-3-5-13(6-4-12)7-8-14-9-10-15(17)11-16(14)18/h9-13H,2-8H2,1H3/t12-,13-. The van der Waals surface area contributed by atoms with Crippen LogP contribution in [0.5, 0.6) is 0 Å². The Hall–Kier alpha value is -0.560. The van der Waals surface area contributed by atoms with Gasteiger partial charge >= 0.3 is 0 Å². The van der Waals surface area contributed by atoms with Crippen LogP contribution in [-0.2, 0) is 6.42 Å². The Morgan fingerprint density at radius 1 is 1.17 bits per heavy atom. The summed E-state index contributed by atoms with van der Waals surface area (Å²) in [4.78, 5) is 0. The van der Waals surface area contributed by atoms with Gasteiger partial charge < -0.3 is 0 Å². The van der Waals surface area contributed by atoms with Crippen molar-refractivity contribution in [1.29, 1.82) is 0 Å². The van der Waals surface area contributed by atoms with E-state index in [9.17, 15) is 4.39 Å². The summed E-state index contributed by atoms with van der Waals surface area (Å²) in [5.41, 5.74) is 0.817. The van der Waals surface area contributed by atoms with Gasteiger partial charge in [0.15, 0.2) is 0 Å². The number of halogens is 2.